The molecule has 1 aromatic rings. The fourth-order valence-electron chi connectivity index (χ4n) is 3.11. The van der Waals surface area contributed by atoms with E-state index in [1.54, 1.807) is 12.1 Å². The van der Waals surface area contributed by atoms with Crippen LogP contribution >= 0.6 is 0 Å². The van der Waals surface area contributed by atoms with Gasteiger partial charge in [0.2, 0.25) is 0 Å². The van der Waals surface area contributed by atoms with E-state index in [0.717, 1.165) is 31.2 Å². The van der Waals surface area contributed by atoms with Crippen molar-refractivity contribution in [2.45, 2.75) is 50.4 Å². The van der Waals surface area contributed by atoms with Gasteiger partial charge in [-0.1, -0.05) is 6.07 Å². The average Bonchev–Trinajstić information content (AvgIpc) is 2.46. The molecule has 1 aliphatic heterocycles. The molecule has 1 aromatic carbocycles. The van der Waals surface area contributed by atoms with E-state index in [9.17, 15) is 10.1 Å². The Morgan fingerprint density at radius 2 is 2.29 bits per heavy atom. The SMILES string of the molecule is NCc1ccc(OC2CCOC3(CCC3)C2)c([N+](=O)[O-])c1. The summed E-state index contributed by atoms with van der Waals surface area (Å²) in [6, 6.07) is 4.93. The van der Waals surface area contributed by atoms with E-state index >= 15 is 0 Å². The first-order valence-corrected chi connectivity index (χ1v) is 7.40. The molecular formula is C15H20N2O4. The first-order valence-electron chi connectivity index (χ1n) is 7.40. The van der Waals surface area contributed by atoms with Crippen molar-refractivity contribution >= 4 is 5.69 Å². The lowest BCUT2D eigenvalue weighted by Gasteiger charge is -2.46. The largest absolute Gasteiger partial charge is 0.483 e. The number of hydrogen-bond acceptors (Lipinski definition) is 5. The van der Waals surface area contributed by atoms with Gasteiger partial charge in [0.15, 0.2) is 5.75 Å². The maximum absolute atomic E-state index is 11.2. The molecular weight excluding hydrogens is 272 g/mol. The highest BCUT2D eigenvalue weighted by atomic mass is 16.6. The smallest absolute Gasteiger partial charge is 0.311 e. The lowest BCUT2D eigenvalue weighted by atomic mass is 9.74. The van der Waals surface area contributed by atoms with E-state index < -0.39 is 4.92 Å². The summed E-state index contributed by atoms with van der Waals surface area (Å²) in [4.78, 5) is 10.8. The number of rotatable bonds is 4. The van der Waals surface area contributed by atoms with Crippen molar-refractivity contribution in [2.24, 2.45) is 5.73 Å². The molecule has 21 heavy (non-hydrogen) atoms. The fraction of sp³-hybridized carbons (Fsp3) is 0.600. The predicted octanol–water partition coefficient (Wildman–Crippen LogP) is 2.53. The quantitative estimate of drug-likeness (QED) is 0.680. The summed E-state index contributed by atoms with van der Waals surface area (Å²) in [5.74, 6) is 0.332. The van der Waals surface area contributed by atoms with E-state index in [1.807, 2.05) is 0 Å². The highest BCUT2D eigenvalue weighted by Gasteiger charge is 2.43. The molecule has 1 unspecified atom stereocenters. The van der Waals surface area contributed by atoms with Crippen molar-refractivity contribution in [1.29, 1.82) is 0 Å². The molecule has 0 bridgehead atoms. The van der Waals surface area contributed by atoms with E-state index in [0.29, 0.717) is 12.4 Å². The first-order chi connectivity index (χ1) is 10.1. The third-order valence-corrected chi connectivity index (χ3v) is 4.46. The topological polar surface area (TPSA) is 87.6 Å². The Morgan fingerprint density at radius 3 is 2.90 bits per heavy atom. The van der Waals surface area contributed by atoms with Crippen molar-refractivity contribution in [3.63, 3.8) is 0 Å². The molecule has 6 nitrogen and oxygen atoms in total. The normalized spacial score (nSPS) is 23.6. The molecule has 1 atom stereocenters. The average molecular weight is 292 g/mol. The van der Waals surface area contributed by atoms with Gasteiger partial charge in [-0.05, 0) is 30.9 Å². The number of ether oxygens (including phenoxy) is 2. The van der Waals surface area contributed by atoms with Crippen LogP contribution in [0.5, 0.6) is 5.75 Å². The van der Waals surface area contributed by atoms with Crippen LogP contribution in [0.1, 0.15) is 37.7 Å². The van der Waals surface area contributed by atoms with Crippen LogP contribution in [0.2, 0.25) is 0 Å². The van der Waals surface area contributed by atoms with Crippen molar-refractivity contribution in [2.75, 3.05) is 6.61 Å². The zero-order chi connectivity index (χ0) is 14.9. The summed E-state index contributed by atoms with van der Waals surface area (Å²) in [6.45, 7) is 0.945. The molecule has 6 heteroatoms. The molecule has 1 saturated heterocycles. The standard InChI is InChI=1S/C15H20N2O4/c16-10-11-2-3-14(13(8-11)17(18)19)21-12-4-7-20-15(9-12)5-1-6-15/h2-3,8,12H,1,4-7,9-10,16H2. The van der Waals surface area contributed by atoms with Gasteiger partial charge in [0.1, 0.15) is 6.10 Å². The van der Waals surface area contributed by atoms with Gasteiger partial charge in [0.05, 0.1) is 17.1 Å². The van der Waals surface area contributed by atoms with E-state index in [4.69, 9.17) is 15.2 Å². The van der Waals surface area contributed by atoms with Crippen LogP contribution in [0.3, 0.4) is 0 Å². The van der Waals surface area contributed by atoms with Gasteiger partial charge >= 0.3 is 5.69 Å². The fourth-order valence-corrected chi connectivity index (χ4v) is 3.11. The Balaban J connectivity index is 1.76. The van der Waals surface area contributed by atoms with Gasteiger partial charge in [-0.2, -0.15) is 0 Å². The highest BCUT2D eigenvalue weighted by Crippen LogP contribution is 2.43. The third kappa shape index (κ3) is 2.87. The molecule has 1 spiro atoms. The molecule has 1 heterocycles. The van der Waals surface area contributed by atoms with E-state index in [-0.39, 0.29) is 23.9 Å². The minimum Gasteiger partial charge on any atom is -0.483 e. The number of benzene rings is 1. The highest BCUT2D eigenvalue weighted by molar-refractivity contribution is 5.48. The molecule has 0 radical (unpaired) electrons. The number of nitro groups is 1. The monoisotopic (exact) mass is 292 g/mol. The zero-order valence-corrected chi connectivity index (χ0v) is 11.9. The summed E-state index contributed by atoms with van der Waals surface area (Å²) in [7, 11) is 0. The van der Waals surface area contributed by atoms with Crippen LogP contribution in [-0.4, -0.2) is 23.2 Å². The Bertz CT molecular complexity index is 542. The molecule has 0 aromatic heterocycles. The summed E-state index contributed by atoms with van der Waals surface area (Å²) < 4.78 is 11.8. The van der Waals surface area contributed by atoms with Crippen LogP contribution in [-0.2, 0) is 11.3 Å². The molecule has 1 aliphatic carbocycles. The summed E-state index contributed by atoms with van der Waals surface area (Å²) in [5.41, 5.74) is 6.23. The van der Waals surface area contributed by atoms with Crippen molar-refractivity contribution < 1.29 is 14.4 Å². The molecule has 114 valence electrons. The molecule has 2 aliphatic rings. The Hall–Kier alpha value is -1.66. The minimum atomic E-state index is -0.410. The van der Waals surface area contributed by atoms with Crippen LogP contribution in [0.25, 0.3) is 0 Å². The lowest BCUT2D eigenvalue weighted by Crippen LogP contribution is -2.48. The van der Waals surface area contributed by atoms with Gasteiger partial charge in [0, 0.05) is 25.5 Å². The number of nitro benzene ring substituents is 1. The Morgan fingerprint density at radius 1 is 1.48 bits per heavy atom. The molecule has 2 fully saturated rings. The van der Waals surface area contributed by atoms with E-state index in [1.165, 1.54) is 12.5 Å². The molecule has 1 saturated carbocycles. The maximum Gasteiger partial charge on any atom is 0.311 e. The Labute approximate surface area is 123 Å². The number of nitrogens with two attached hydrogens (primary N) is 1. The van der Waals surface area contributed by atoms with Gasteiger partial charge in [-0.15, -0.1) is 0 Å². The number of nitrogens with zero attached hydrogens (tertiary/aromatic N) is 1. The van der Waals surface area contributed by atoms with Crippen molar-refractivity contribution in [1.82, 2.24) is 0 Å². The van der Waals surface area contributed by atoms with Gasteiger partial charge < -0.3 is 15.2 Å². The van der Waals surface area contributed by atoms with Crippen molar-refractivity contribution in [3.8, 4) is 5.75 Å². The second-order valence-corrected chi connectivity index (χ2v) is 5.88. The zero-order valence-electron chi connectivity index (χ0n) is 11.9. The Kier molecular flexibility index (Phi) is 3.82. The maximum atomic E-state index is 11.2. The predicted molar refractivity (Wildman–Crippen MR) is 77.2 cm³/mol. The molecule has 2 N–H and O–H groups in total. The van der Waals surface area contributed by atoms with Crippen LogP contribution < -0.4 is 10.5 Å². The first kappa shape index (κ1) is 14.3. The van der Waals surface area contributed by atoms with Crippen molar-refractivity contribution in [3.05, 3.63) is 33.9 Å². The van der Waals surface area contributed by atoms with Gasteiger partial charge in [0.25, 0.3) is 0 Å². The van der Waals surface area contributed by atoms with Crippen LogP contribution in [0, 0.1) is 10.1 Å². The lowest BCUT2D eigenvalue weighted by molar-refractivity contribution is -0.386. The van der Waals surface area contributed by atoms with Crippen LogP contribution in [0.15, 0.2) is 18.2 Å². The molecule has 3 rings (SSSR count). The summed E-state index contributed by atoms with van der Waals surface area (Å²) in [5, 5.41) is 11.2. The molecule has 0 amide bonds. The third-order valence-electron chi connectivity index (χ3n) is 4.46. The second-order valence-electron chi connectivity index (χ2n) is 5.88. The number of hydrogen-bond donors (Lipinski definition) is 1. The minimum absolute atomic E-state index is 0.00731. The summed E-state index contributed by atoms with van der Waals surface area (Å²) in [6.07, 6.45) is 4.92. The van der Waals surface area contributed by atoms with E-state index in [2.05, 4.69) is 0 Å². The summed E-state index contributed by atoms with van der Waals surface area (Å²) >= 11 is 0. The second kappa shape index (κ2) is 5.61. The van der Waals surface area contributed by atoms with Gasteiger partial charge in [-0.3, -0.25) is 10.1 Å². The van der Waals surface area contributed by atoms with Crippen LogP contribution in [0.4, 0.5) is 5.69 Å². The van der Waals surface area contributed by atoms with Gasteiger partial charge in [-0.25, -0.2) is 0 Å².